The van der Waals surface area contributed by atoms with Crippen LogP contribution in [0.3, 0.4) is 0 Å². The maximum atomic E-state index is 15.5. The quantitative estimate of drug-likeness (QED) is 0.362. The smallest absolute Gasteiger partial charge is 0.332 e. The highest BCUT2D eigenvalue weighted by atomic mass is 35.5. The van der Waals surface area contributed by atoms with Gasteiger partial charge in [-0.3, -0.25) is 9.69 Å². The van der Waals surface area contributed by atoms with E-state index < -0.39 is 44.9 Å². The van der Waals surface area contributed by atoms with Crippen molar-refractivity contribution in [3.8, 4) is 0 Å². The molecule has 6 rings (SSSR count). The third kappa shape index (κ3) is 6.20. The van der Waals surface area contributed by atoms with Crippen LogP contribution in [0, 0.1) is 11.2 Å². The van der Waals surface area contributed by atoms with E-state index in [9.17, 15) is 28.2 Å². The minimum atomic E-state index is -4.02. The van der Waals surface area contributed by atoms with Gasteiger partial charge in [-0.1, -0.05) is 42.0 Å². The number of halogens is 2. The number of sulfone groups is 1. The number of hydrogen-bond acceptors (Lipinski definition) is 6. The first-order chi connectivity index (χ1) is 21.3. The van der Waals surface area contributed by atoms with Gasteiger partial charge >= 0.3 is 11.9 Å². The lowest BCUT2D eigenvalue weighted by atomic mass is 9.80. The lowest BCUT2D eigenvalue weighted by Gasteiger charge is -2.40. The van der Waals surface area contributed by atoms with Crippen LogP contribution in [0.15, 0.2) is 71.3 Å². The molecule has 2 N–H and O–H groups in total. The van der Waals surface area contributed by atoms with Crippen LogP contribution in [0.5, 0.6) is 0 Å². The van der Waals surface area contributed by atoms with Crippen LogP contribution < -0.4 is 0 Å². The molecular weight excluding hydrogens is 619 g/mol. The van der Waals surface area contributed by atoms with Crippen molar-refractivity contribution in [2.75, 3.05) is 31.9 Å². The zero-order valence-electron chi connectivity index (χ0n) is 25.0. The van der Waals surface area contributed by atoms with Crippen molar-refractivity contribution in [2.24, 2.45) is 5.41 Å². The standard InChI is InChI=1S/C34H36ClFN2O6S/c1-34(33(41)42)8-7-31(28(18-34)32(39)40)45(43,44)12-4-9-37-19-23(20-37)26-17-25-22(15-29(26)36)16-30(38-10-3-11-38)27(25)14-21-5-2-6-24(35)13-21/h2,4-9,13,15,17,23,27,30H,3,10-12,14,16,18-20H2,1H3,(H,39,40)(H,41,42). The van der Waals surface area contributed by atoms with Gasteiger partial charge in [0.05, 0.1) is 21.6 Å². The van der Waals surface area contributed by atoms with Crippen LogP contribution in [0.25, 0.3) is 0 Å². The van der Waals surface area contributed by atoms with E-state index in [4.69, 9.17) is 11.6 Å². The Morgan fingerprint density at radius 3 is 2.53 bits per heavy atom. The fourth-order valence-electron chi connectivity index (χ4n) is 7.01. The Morgan fingerprint density at radius 1 is 1.13 bits per heavy atom. The fourth-order valence-corrected chi connectivity index (χ4v) is 8.55. The van der Waals surface area contributed by atoms with E-state index in [0.29, 0.717) is 29.7 Å². The Labute approximate surface area is 267 Å². The number of rotatable bonds is 10. The largest absolute Gasteiger partial charge is 0.481 e. The summed E-state index contributed by atoms with van der Waals surface area (Å²) < 4.78 is 41.5. The normalized spacial score (nSPS) is 25.4. The van der Waals surface area contributed by atoms with Crippen LogP contribution in [-0.4, -0.2) is 78.3 Å². The van der Waals surface area contributed by atoms with Gasteiger partial charge in [0, 0.05) is 42.4 Å². The van der Waals surface area contributed by atoms with Crippen molar-refractivity contribution >= 4 is 33.4 Å². The molecule has 0 radical (unpaired) electrons. The summed E-state index contributed by atoms with van der Waals surface area (Å²) in [6.07, 6.45) is 7.84. The molecule has 0 amide bonds. The number of carboxylic acids is 2. The van der Waals surface area contributed by atoms with Crippen LogP contribution in [0.4, 0.5) is 4.39 Å². The molecule has 0 bridgehead atoms. The van der Waals surface area contributed by atoms with Gasteiger partial charge in [0.1, 0.15) is 5.82 Å². The molecule has 45 heavy (non-hydrogen) atoms. The number of nitrogens with zero attached hydrogens (tertiary/aromatic N) is 2. The predicted octanol–water partition coefficient (Wildman–Crippen LogP) is 5.15. The molecule has 3 atom stereocenters. The van der Waals surface area contributed by atoms with Crippen molar-refractivity contribution < 1.29 is 32.6 Å². The molecule has 2 saturated heterocycles. The number of carbonyl (C=O) groups is 2. The average Bonchev–Trinajstić information content (AvgIpc) is 3.24. The minimum absolute atomic E-state index is 0.0391. The Kier molecular flexibility index (Phi) is 8.43. The molecule has 2 aromatic carbocycles. The monoisotopic (exact) mass is 654 g/mol. The molecule has 2 aliphatic carbocycles. The van der Waals surface area contributed by atoms with Gasteiger partial charge in [-0.15, -0.1) is 0 Å². The molecular formula is C34H36ClFN2O6S. The van der Waals surface area contributed by atoms with Crippen molar-refractivity contribution in [1.82, 2.24) is 9.80 Å². The second kappa shape index (κ2) is 12.0. The summed E-state index contributed by atoms with van der Waals surface area (Å²) in [5.74, 6) is -3.13. The molecule has 2 heterocycles. The molecule has 2 fully saturated rings. The van der Waals surface area contributed by atoms with Gasteiger partial charge in [-0.25, -0.2) is 17.6 Å². The van der Waals surface area contributed by atoms with E-state index in [1.54, 1.807) is 12.3 Å². The van der Waals surface area contributed by atoms with Crippen molar-refractivity contribution in [2.45, 2.75) is 50.5 Å². The second-order valence-corrected chi connectivity index (χ2v) is 15.3. The molecule has 11 heteroatoms. The maximum Gasteiger partial charge on any atom is 0.332 e. The van der Waals surface area contributed by atoms with Crippen molar-refractivity contribution in [3.63, 3.8) is 0 Å². The van der Waals surface area contributed by atoms with Gasteiger partial charge in [0.15, 0.2) is 9.84 Å². The van der Waals surface area contributed by atoms with Crippen molar-refractivity contribution in [1.29, 1.82) is 0 Å². The zero-order chi connectivity index (χ0) is 32.1. The lowest BCUT2D eigenvalue weighted by Crippen LogP contribution is -2.47. The molecule has 2 aliphatic heterocycles. The second-order valence-electron chi connectivity index (χ2n) is 12.9. The molecule has 0 spiro atoms. The van der Waals surface area contributed by atoms with Crippen LogP contribution in [0.2, 0.25) is 5.02 Å². The number of aliphatic carboxylic acids is 2. The average molecular weight is 655 g/mol. The summed E-state index contributed by atoms with van der Waals surface area (Å²) in [5, 5.41) is 19.8. The number of allylic oxidation sites excluding steroid dienone is 1. The van der Waals surface area contributed by atoms with Gasteiger partial charge in [-0.2, -0.15) is 0 Å². The van der Waals surface area contributed by atoms with E-state index in [-0.39, 0.29) is 22.6 Å². The fraction of sp³-hybridized carbons (Fsp3) is 0.412. The number of fused-ring (bicyclic) bond motifs is 1. The summed E-state index contributed by atoms with van der Waals surface area (Å²) in [6, 6.07) is 12.0. The maximum absolute atomic E-state index is 15.5. The zero-order valence-corrected chi connectivity index (χ0v) is 26.5. The van der Waals surface area contributed by atoms with Crippen LogP contribution in [-0.2, 0) is 32.3 Å². The van der Waals surface area contributed by atoms with E-state index in [1.165, 1.54) is 31.1 Å². The number of benzene rings is 2. The predicted molar refractivity (Wildman–Crippen MR) is 169 cm³/mol. The number of hydrogen-bond donors (Lipinski definition) is 2. The molecule has 8 nitrogen and oxygen atoms in total. The molecule has 238 valence electrons. The first-order valence-electron chi connectivity index (χ1n) is 15.2. The first-order valence-corrected chi connectivity index (χ1v) is 17.2. The van der Waals surface area contributed by atoms with Crippen LogP contribution >= 0.6 is 11.6 Å². The summed E-state index contributed by atoms with van der Waals surface area (Å²) in [6.45, 7) is 4.53. The molecule has 0 aromatic heterocycles. The van der Waals surface area contributed by atoms with Gasteiger partial charge in [0.2, 0.25) is 0 Å². The number of likely N-dealkylation sites (tertiary alicyclic amines) is 2. The lowest BCUT2D eigenvalue weighted by molar-refractivity contribution is -0.145. The topological polar surface area (TPSA) is 115 Å². The van der Waals surface area contributed by atoms with Gasteiger partial charge in [-0.05, 0) is 92.0 Å². The Morgan fingerprint density at radius 2 is 1.89 bits per heavy atom. The summed E-state index contributed by atoms with van der Waals surface area (Å²) in [5.41, 5.74) is 2.18. The van der Waals surface area contributed by atoms with Crippen molar-refractivity contribution in [3.05, 3.63) is 104 Å². The van der Waals surface area contributed by atoms with Gasteiger partial charge < -0.3 is 15.1 Å². The highest BCUT2D eigenvalue weighted by Crippen LogP contribution is 2.43. The SMILES string of the molecule is CC1(C(=O)O)C=CC(S(=O)(=O)CC=CN2CC(c3cc4c(cc3F)CC(N3CCC3)C4Cc3cccc(Cl)c3)C2)=C(C(=O)O)C1. The van der Waals surface area contributed by atoms with Gasteiger partial charge in [0.25, 0.3) is 0 Å². The summed E-state index contributed by atoms with van der Waals surface area (Å²) in [4.78, 5) is 27.4. The van der Waals surface area contributed by atoms with E-state index in [0.717, 1.165) is 43.1 Å². The Balaban J connectivity index is 1.14. The molecule has 2 aromatic rings. The number of carboxylic acid groups (broad SMARTS) is 2. The Hall–Kier alpha value is -3.47. The minimum Gasteiger partial charge on any atom is -0.481 e. The molecule has 3 unspecified atom stereocenters. The highest BCUT2D eigenvalue weighted by molar-refractivity contribution is 7.95. The van der Waals surface area contributed by atoms with E-state index in [1.807, 2.05) is 23.1 Å². The van der Waals surface area contributed by atoms with E-state index >= 15 is 4.39 Å². The summed E-state index contributed by atoms with van der Waals surface area (Å²) >= 11 is 6.28. The molecule has 0 saturated carbocycles. The third-order valence-electron chi connectivity index (χ3n) is 9.76. The van der Waals surface area contributed by atoms with Crippen LogP contribution in [0.1, 0.15) is 53.9 Å². The highest BCUT2D eigenvalue weighted by Gasteiger charge is 2.41. The Bertz CT molecular complexity index is 1740. The van der Waals surface area contributed by atoms with E-state index in [2.05, 4.69) is 17.0 Å². The molecule has 4 aliphatic rings. The first kappa shape index (κ1) is 31.5. The third-order valence-corrected chi connectivity index (χ3v) is 11.7. The summed E-state index contributed by atoms with van der Waals surface area (Å²) in [7, 11) is -4.02.